The molecule has 2 aromatic heterocycles. The van der Waals surface area contributed by atoms with E-state index in [2.05, 4.69) is 33.1 Å². The standard InChI is InChI=1S/C14H14N4/c15-5-9-18-7-3-11(4-8-18)13-10-17-14-12(13)2-1-6-16-14/h1-3,6,10H,4,7-9H2,(H,16,17). The van der Waals surface area contributed by atoms with E-state index in [1.54, 1.807) is 6.20 Å². The Morgan fingerprint density at radius 3 is 3.22 bits per heavy atom. The van der Waals surface area contributed by atoms with Crippen molar-refractivity contribution in [1.29, 1.82) is 5.26 Å². The number of nitrogens with zero attached hydrogens (tertiary/aromatic N) is 3. The monoisotopic (exact) mass is 238 g/mol. The first kappa shape index (κ1) is 11.0. The zero-order valence-corrected chi connectivity index (χ0v) is 10.1. The fraction of sp³-hybridized carbons (Fsp3) is 0.286. The molecule has 0 spiro atoms. The lowest BCUT2D eigenvalue weighted by molar-refractivity contribution is 0.338. The topological polar surface area (TPSA) is 55.7 Å². The molecule has 0 atom stereocenters. The van der Waals surface area contributed by atoms with Crippen molar-refractivity contribution >= 4 is 16.6 Å². The highest BCUT2D eigenvalue weighted by Gasteiger charge is 2.15. The minimum absolute atomic E-state index is 0.513. The highest BCUT2D eigenvalue weighted by atomic mass is 15.1. The van der Waals surface area contributed by atoms with Crippen LogP contribution in [0, 0.1) is 11.3 Å². The molecule has 1 N–H and O–H groups in total. The van der Waals surface area contributed by atoms with Crippen molar-refractivity contribution in [3.63, 3.8) is 0 Å². The molecule has 0 amide bonds. The highest BCUT2D eigenvalue weighted by Crippen LogP contribution is 2.28. The van der Waals surface area contributed by atoms with Crippen LogP contribution in [0.5, 0.6) is 0 Å². The molecule has 0 saturated carbocycles. The van der Waals surface area contributed by atoms with Crippen LogP contribution in [0.1, 0.15) is 12.0 Å². The van der Waals surface area contributed by atoms with Gasteiger partial charge in [0.05, 0.1) is 12.6 Å². The van der Waals surface area contributed by atoms with E-state index in [0.717, 1.165) is 25.2 Å². The molecule has 3 heterocycles. The van der Waals surface area contributed by atoms with Crippen molar-refractivity contribution in [3.05, 3.63) is 36.2 Å². The number of nitrogens with one attached hydrogen (secondary N) is 1. The van der Waals surface area contributed by atoms with Crippen LogP contribution in [0.2, 0.25) is 0 Å². The van der Waals surface area contributed by atoms with Gasteiger partial charge in [-0.3, -0.25) is 4.90 Å². The van der Waals surface area contributed by atoms with E-state index in [0.29, 0.717) is 6.54 Å². The SMILES string of the molecule is N#CCN1CC=C(c2c[nH]c3ncccc23)CC1. The number of hydrogen-bond acceptors (Lipinski definition) is 3. The van der Waals surface area contributed by atoms with E-state index in [1.807, 2.05) is 12.3 Å². The van der Waals surface area contributed by atoms with Gasteiger partial charge in [-0.25, -0.2) is 4.98 Å². The number of fused-ring (bicyclic) bond motifs is 1. The molecule has 4 nitrogen and oxygen atoms in total. The van der Waals surface area contributed by atoms with E-state index < -0.39 is 0 Å². The number of nitriles is 1. The first-order chi connectivity index (χ1) is 8.88. The van der Waals surface area contributed by atoms with E-state index in [1.165, 1.54) is 16.5 Å². The third-order valence-corrected chi connectivity index (χ3v) is 3.38. The minimum Gasteiger partial charge on any atom is -0.346 e. The van der Waals surface area contributed by atoms with Gasteiger partial charge in [-0.1, -0.05) is 6.08 Å². The largest absolute Gasteiger partial charge is 0.346 e. The molecule has 90 valence electrons. The maximum absolute atomic E-state index is 8.68. The molecule has 0 fully saturated rings. The second-order valence-electron chi connectivity index (χ2n) is 4.47. The lowest BCUT2D eigenvalue weighted by atomic mass is 10.00. The molecule has 3 rings (SSSR count). The second kappa shape index (κ2) is 4.63. The Kier molecular flexibility index (Phi) is 2.83. The third-order valence-electron chi connectivity index (χ3n) is 3.38. The lowest BCUT2D eigenvalue weighted by Gasteiger charge is -2.23. The molecule has 18 heavy (non-hydrogen) atoms. The second-order valence-corrected chi connectivity index (χ2v) is 4.47. The summed E-state index contributed by atoms with van der Waals surface area (Å²) in [6.45, 7) is 2.32. The van der Waals surface area contributed by atoms with Crippen LogP contribution in [0.4, 0.5) is 0 Å². The summed E-state index contributed by atoms with van der Waals surface area (Å²) in [5.41, 5.74) is 3.53. The average molecular weight is 238 g/mol. The Hall–Kier alpha value is -2.12. The number of aromatic nitrogens is 2. The number of hydrogen-bond donors (Lipinski definition) is 1. The summed E-state index contributed by atoms with van der Waals surface area (Å²) in [6.07, 6.45) is 7.04. The Balaban J connectivity index is 1.90. The summed E-state index contributed by atoms with van der Waals surface area (Å²) >= 11 is 0. The maximum atomic E-state index is 8.68. The molecule has 0 aliphatic carbocycles. The Labute approximate surface area is 106 Å². The van der Waals surface area contributed by atoms with Gasteiger partial charge in [-0.05, 0) is 24.1 Å². The van der Waals surface area contributed by atoms with Crippen LogP contribution < -0.4 is 0 Å². The van der Waals surface area contributed by atoms with E-state index in [-0.39, 0.29) is 0 Å². The summed E-state index contributed by atoms with van der Waals surface area (Å²) in [4.78, 5) is 9.66. The van der Waals surface area contributed by atoms with Gasteiger partial charge >= 0.3 is 0 Å². The van der Waals surface area contributed by atoms with Crippen molar-refractivity contribution < 1.29 is 0 Å². The lowest BCUT2D eigenvalue weighted by Crippen LogP contribution is -2.28. The van der Waals surface area contributed by atoms with Crippen LogP contribution in [0.25, 0.3) is 16.6 Å². The predicted octanol–water partition coefficient (Wildman–Crippen LogP) is 2.18. The Morgan fingerprint density at radius 2 is 2.44 bits per heavy atom. The van der Waals surface area contributed by atoms with Crippen molar-refractivity contribution in [2.45, 2.75) is 6.42 Å². The first-order valence-corrected chi connectivity index (χ1v) is 6.09. The normalized spacial score (nSPS) is 16.5. The van der Waals surface area contributed by atoms with E-state index in [4.69, 9.17) is 5.26 Å². The van der Waals surface area contributed by atoms with Crippen LogP contribution in [0.15, 0.2) is 30.6 Å². The molecular formula is C14H14N4. The number of H-pyrrole nitrogens is 1. The van der Waals surface area contributed by atoms with Crippen molar-refractivity contribution in [3.8, 4) is 6.07 Å². The smallest absolute Gasteiger partial charge is 0.137 e. The molecule has 0 aromatic carbocycles. The first-order valence-electron chi connectivity index (χ1n) is 6.09. The van der Waals surface area contributed by atoms with E-state index >= 15 is 0 Å². The van der Waals surface area contributed by atoms with Gasteiger partial charge in [0.2, 0.25) is 0 Å². The number of aromatic amines is 1. The molecule has 1 aliphatic heterocycles. The summed E-state index contributed by atoms with van der Waals surface area (Å²) in [7, 11) is 0. The van der Waals surface area contributed by atoms with Crippen molar-refractivity contribution in [1.82, 2.24) is 14.9 Å². The van der Waals surface area contributed by atoms with Gasteiger partial charge in [-0.2, -0.15) is 5.26 Å². The zero-order valence-electron chi connectivity index (χ0n) is 10.1. The van der Waals surface area contributed by atoms with Gasteiger partial charge < -0.3 is 4.98 Å². The van der Waals surface area contributed by atoms with Gasteiger partial charge in [0.1, 0.15) is 5.65 Å². The predicted molar refractivity (Wildman–Crippen MR) is 70.7 cm³/mol. The minimum atomic E-state index is 0.513. The maximum Gasteiger partial charge on any atom is 0.137 e. The fourth-order valence-electron chi connectivity index (χ4n) is 2.42. The molecule has 0 radical (unpaired) electrons. The molecule has 1 aliphatic rings. The quantitative estimate of drug-likeness (QED) is 0.816. The van der Waals surface area contributed by atoms with Crippen LogP contribution in [-0.4, -0.2) is 34.5 Å². The van der Waals surface area contributed by atoms with Gasteiger partial charge in [0, 0.05) is 36.4 Å². The average Bonchev–Trinajstić information content (AvgIpc) is 2.84. The summed E-state index contributed by atoms with van der Waals surface area (Å²) < 4.78 is 0. The van der Waals surface area contributed by atoms with Crippen LogP contribution in [-0.2, 0) is 0 Å². The van der Waals surface area contributed by atoms with Gasteiger partial charge in [-0.15, -0.1) is 0 Å². The summed E-state index contributed by atoms with van der Waals surface area (Å²) in [5, 5.41) is 9.86. The summed E-state index contributed by atoms with van der Waals surface area (Å²) in [5.74, 6) is 0. The van der Waals surface area contributed by atoms with Crippen LogP contribution in [0.3, 0.4) is 0 Å². The van der Waals surface area contributed by atoms with Gasteiger partial charge in [0.15, 0.2) is 0 Å². The number of pyridine rings is 1. The molecule has 0 unspecified atom stereocenters. The third kappa shape index (κ3) is 1.89. The van der Waals surface area contributed by atoms with E-state index in [9.17, 15) is 0 Å². The van der Waals surface area contributed by atoms with Crippen molar-refractivity contribution in [2.24, 2.45) is 0 Å². The number of rotatable bonds is 2. The molecule has 4 heteroatoms. The molecular weight excluding hydrogens is 224 g/mol. The van der Waals surface area contributed by atoms with Crippen LogP contribution >= 0.6 is 0 Å². The Bertz CT molecular complexity index is 633. The zero-order chi connectivity index (χ0) is 12.4. The molecule has 0 bridgehead atoms. The van der Waals surface area contributed by atoms with Gasteiger partial charge in [0.25, 0.3) is 0 Å². The summed E-state index contributed by atoms with van der Waals surface area (Å²) in [6, 6.07) is 6.25. The fourth-order valence-corrected chi connectivity index (χ4v) is 2.42. The highest BCUT2D eigenvalue weighted by molar-refractivity contribution is 5.90. The Morgan fingerprint density at radius 1 is 1.50 bits per heavy atom. The molecule has 2 aromatic rings. The van der Waals surface area contributed by atoms with Crippen molar-refractivity contribution in [2.75, 3.05) is 19.6 Å². The molecule has 0 saturated heterocycles.